The van der Waals surface area contributed by atoms with E-state index in [9.17, 15) is 9.59 Å². The Morgan fingerprint density at radius 1 is 0.895 bits per heavy atom. The number of ether oxygens (including phenoxy) is 3. The first-order chi connectivity index (χ1) is 18.5. The van der Waals surface area contributed by atoms with Gasteiger partial charge in [0.25, 0.3) is 0 Å². The number of methoxy groups -OCH3 is 3. The van der Waals surface area contributed by atoms with Gasteiger partial charge in [-0.1, -0.05) is 36.4 Å². The maximum atomic E-state index is 14.0. The number of nitrogens with one attached hydrogen (secondary N) is 1. The van der Waals surface area contributed by atoms with Crippen LogP contribution in [0, 0.1) is 0 Å². The summed E-state index contributed by atoms with van der Waals surface area (Å²) in [4.78, 5) is 34.7. The van der Waals surface area contributed by atoms with E-state index in [4.69, 9.17) is 14.2 Å². The first kappa shape index (κ1) is 23.9. The molecule has 0 radical (unpaired) electrons. The fraction of sp³-hybridized carbons (Fsp3) is 0.267. The third-order valence-corrected chi connectivity index (χ3v) is 7.60. The van der Waals surface area contributed by atoms with Crippen molar-refractivity contribution in [1.29, 1.82) is 0 Å². The molecule has 0 saturated carbocycles. The second-order valence-electron chi connectivity index (χ2n) is 9.64. The zero-order valence-electron chi connectivity index (χ0n) is 21.6. The zero-order valence-corrected chi connectivity index (χ0v) is 21.6. The molecule has 2 aliphatic rings. The van der Waals surface area contributed by atoms with Crippen LogP contribution in [0.2, 0.25) is 0 Å². The number of aromatic amines is 1. The van der Waals surface area contributed by atoms with E-state index in [1.807, 2.05) is 60.7 Å². The average Bonchev–Trinajstić information content (AvgIpc) is 3.33. The monoisotopic (exact) mass is 511 g/mol. The highest BCUT2D eigenvalue weighted by molar-refractivity contribution is 5.97. The SMILES string of the molecule is COc1ccc(CN2CC(=O)N3[C@H](c4ccc(OC)c(OC)c4)c4[nH]c5ccccc5c4C[C@H]3C2=O)cc1. The lowest BCUT2D eigenvalue weighted by Gasteiger charge is -2.47. The minimum absolute atomic E-state index is 0.0146. The Hall–Kier alpha value is -4.46. The highest BCUT2D eigenvalue weighted by atomic mass is 16.5. The van der Waals surface area contributed by atoms with Gasteiger partial charge in [0.05, 0.1) is 27.4 Å². The van der Waals surface area contributed by atoms with Crippen molar-refractivity contribution in [2.45, 2.75) is 25.0 Å². The molecule has 1 aromatic heterocycles. The highest BCUT2D eigenvalue weighted by Gasteiger charge is 2.48. The molecule has 0 spiro atoms. The number of H-pyrrole nitrogens is 1. The van der Waals surface area contributed by atoms with Gasteiger partial charge in [0.15, 0.2) is 11.5 Å². The molecule has 2 amide bonds. The van der Waals surface area contributed by atoms with Crippen molar-refractivity contribution in [1.82, 2.24) is 14.8 Å². The van der Waals surface area contributed by atoms with Crippen LogP contribution in [0.3, 0.4) is 0 Å². The van der Waals surface area contributed by atoms with Crippen LogP contribution in [-0.2, 0) is 22.6 Å². The Bertz CT molecular complexity index is 1530. The molecule has 1 fully saturated rings. The summed E-state index contributed by atoms with van der Waals surface area (Å²) in [6.45, 7) is 0.376. The minimum Gasteiger partial charge on any atom is -0.497 e. The fourth-order valence-electron chi connectivity index (χ4n) is 5.78. The van der Waals surface area contributed by atoms with Gasteiger partial charge in [-0.2, -0.15) is 0 Å². The summed E-state index contributed by atoms with van der Waals surface area (Å²) in [5.74, 6) is 1.78. The first-order valence-corrected chi connectivity index (χ1v) is 12.6. The van der Waals surface area contributed by atoms with E-state index in [-0.39, 0.29) is 18.4 Å². The zero-order chi connectivity index (χ0) is 26.4. The summed E-state index contributed by atoms with van der Waals surface area (Å²) in [6, 6.07) is 20.2. The number of aromatic nitrogens is 1. The van der Waals surface area contributed by atoms with Gasteiger partial charge in [-0.3, -0.25) is 9.59 Å². The molecule has 6 rings (SSSR count). The van der Waals surface area contributed by atoms with Crippen LogP contribution in [0.25, 0.3) is 10.9 Å². The largest absolute Gasteiger partial charge is 0.497 e. The van der Waals surface area contributed by atoms with Gasteiger partial charge in [-0.25, -0.2) is 0 Å². The predicted octanol–water partition coefficient (Wildman–Crippen LogP) is 4.08. The normalized spacial score (nSPS) is 18.8. The van der Waals surface area contributed by atoms with E-state index in [1.165, 1.54) is 0 Å². The maximum absolute atomic E-state index is 14.0. The predicted molar refractivity (Wildman–Crippen MR) is 142 cm³/mol. The lowest BCUT2D eigenvalue weighted by molar-refractivity contribution is -0.159. The number of hydrogen-bond donors (Lipinski definition) is 1. The molecule has 8 nitrogen and oxygen atoms in total. The Kier molecular flexibility index (Phi) is 5.94. The summed E-state index contributed by atoms with van der Waals surface area (Å²) in [6.07, 6.45) is 0.451. The minimum atomic E-state index is -0.612. The molecule has 0 aliphatic carbocycles. The van der Waals surface area contributed by atoms with Crippen LogP contribution >= 0.6 is 0 Å². The van der Waals surface area contributed by atoms with E-state index in [2.05, 4.69) is 11.1 Å². The molecule has 38 heavy (non-hydrogen) atoms. The number of amides is 2. The molecular formula is C30H29N3O5. The van der Waals surface area contributed by atoms with Crippen LogP contribution in [0.4, 0.5) is 0 Å². The van der Waals surface area contributed by atoms with E-state index >= 15 is 0 Å². The first-order valence-electron chi connectivity index (χ1n) is 12.6. The van der Waals surface area contributed by atoms with Crippen LogP contribution in [0.1, 0.15) is 28.4 Å². The lowest BCUT2D eigenvalue weighted by atomic mass is 9.86. The Balaban J connectivity index is 1.43. The van der Waals surface area contributed by atoms with E-state index in [1.54, 1.807) is 31.1 Å². The molecule has 0 bridgehead atoms. The number of fused-ring (bicyclic) bond motifs is 4. The van der Waals surface area contributed by atoms with Gasteiger partial charge in [0.1, 0.15) is 18.3 Å². The molecule has 2 aliphatic heterocycles. The van der Waals surface area contributed by atoms with Crippen molar-refractivity contribution in [3.63, 3.8) is 0 Å². The van der Waals surface area contributed by atoms with Crippen molar-refractivity contribution >= 4 is 22.7 Å². The number of hydrogen-bond acceptors (Lipinski definition) is 5. The van der Waals surface area contributed by atoms with E-state index in [0.29, 0.717) is 24.5 Å². The molecule has 194 valence electrons. The summed E-state index contributed by atoms with van der Waals surface area (Å²) in [7, 11) is 4.80. The molecule has 1 N–H and O–H groups in total. The smallest absolute Gasteiger partial charge is 0.246 e. The Morgan fingerprint density at radius 2 is 1.66 bits per heavy atom. The third-order valence-electron chi connectivity index (χ3n) is 7.60. The van der Waals surface area contributed by atoms with Gasteiger partial charge in [-0.05, 0) is 47.0 Å². The molecule has 3 heterocycles. The molecule has 0 unspecified atom stereocenters. The molecular weight excluding hydrogens is 482 g/mol. The van der Waals surface area contributed by atoms with Crippen LogP contribution in [-0.4, -0.2) is 60.5 Å². The topological polar surface area (TPSA) is 84.1 Å². The summed E-state index contributed by atoms with van der Waals surface area (Å²) >= 11 is 0. The number of carbonyl (C=O) groups excluding carboxylic acids is 2. The lowest BCUT2D eigenvalue weighted by Crippen LogP contribution is -2.62. The second-order valence-corrected chi connectivity index (χ2v) is 9.64. The molecule has 3 aromatic carbocycles. The Labute approximate surface area is 220 Å². The summed E-state index contributed by atoms with van der Waals surface area (Å²) in [5, 5.41) is 1.07. The average molecular weight is 512 g/mol. The number of rotatable bonds is 6. The standard InChI is InChI=1S/C30H29N3O5/c1-36-20-11-8-18(9-12-20)16-32-17-27(34)33-24(30(32)35)15-22-21-6-4-5-7-23(21)31-28(22)29(33)19-10-13-25(37-2)26(14-19)38-3/h4-14,24,29,31H,15-17H2,1-3H3/t24-,29+/m0/s1. The number of carbonyl (C=O) groups is 2. The van der Waals surface area contributed by atoms with Crippen molar-refractivity contribution < 1.29 is 23.8 Å². The van der Waals surface area contributed by atoms with Crippen molar-refractivity contribution in [2.75, 3.05) is 27.9 Å². The van der Waals surface area contributed by atoms with Crippen molar-refractivity contribution in [3.8, 4) is 17.2 Å². The number of benzene rings is 3. The quantitative estimate of drug-likeness (QED) is 0.422. The molecule has 1 saturated heterocycles. The molecule has 4 aromatic rings. The summed E-state index contributed by atoms with van der Waals surface area (Å²) in [5.41, 5.74) is 4.77. The number of nitrogens with zero attached hydrogens (tertiary/aromatic N) is 2. The highest BCUT2D eigenvalue weighted by Crippen LogP contribution is 2.44. The van der Waals surface area contributed by atoms with Gasteiger partial charge in [0.2, 0.25) is 11.8 Å². The molecule has 2 atom stereocenters. The van der Waals surface area contributed by atoms with Crippen molar-refractivity contribution in [3.05, 3.63) is 89.1 Å². The van der Waals surface area contributed by atoms with Gasteiger partial charge < -0.3 is 29.0 Å². The van der Waals surface area contributed by atoms with Gasteiger partial charge >= 0.3 is 0 Å². The van der Waals surface area contributed by atoms with E-state index < -0.39 is 12.1 Å². The Morgan fingerprint density at radius 3 is 2.39 bits per heavy atom. The third kappa shape index (κ3) is 3.84. The fourth-order valence-corrected chi connectivity index (χ4v) is 5.78. The van der Waals surface area contributed by atoms with Gasteiger partial charge in [0, 0.05) is 29.6 Å². The van der Waals surface area contributed by atoms with Crippen LogP contribution < -0.4 is 14.2 Å². The number of piperazine rings is 1. The number of para-hydroxylation sites is 1. The van der Waals surface area contributed by atoms with Gasteiger partial charge in [-0.15, -0.1) is 0 Å². The van der Waals surface area contributed by atoms with E-state index in [0.717, 1.165) is 39.0 Å². The molecule has 8 heteroatoms. The van der Waals surface area contributed by atoms with Crippen molar-refractivity contribution in [2.24, 2.45) is 0 Å². The van der Waals surface area contributed by atoms with Crippen LogP contribution in [0.5, 0.6) is 17.2 Å². The van der Waals surface area contributed by atoms with Crippen LogP contribution in [0.15, 0.2) is 66.7 Å². The maximum Gasteiger partial charge on any atom is 0.246 e. The summed E-state index contributed by atoms with van der Waals surface area (Å²) < 4.78 is 16.3. The second kappa shape index (κ2) is 9.45.